The quantitative estimate of drug-likeness (QED) is 0.435. The lowest BCUT2D eigenvalue weighted by atomic mass is 9.98. The molecule has 2 unspecified atom stereocenters. The molecule has 1 aromatic rings. The van der Waals surface area contributed by atoms with E-state index in [2.05, 4.69) is 11.6 Å². The van der Waals surface area contributed by atoms with Gasteiger partial charge in [-0.15, -0.1) is 17.9 Å². The van der Waals surface area contributed by atoms with E-state index in [1.54, 1.807) is 12.3 Å². The third-order valence-electron chi connectivity index (χ3n) is 4.26. The van der Waals surface area contributed by atoms with Crippen LogP contribution in [0.5, 0.6) is 0 Å². The summed E-state index contributed by atoms with van der Waals surface area (Å²) in [6, 6.07) is 0. The minimum Gasteiger partial charge on any atom is -0.354 e. The van der Waals surface area contributed by atoms with Gasteiger partial charge >= 0.3 is 0 Å². The third kappa shape index (κ3) is 3.26. The number of nitrogens with zero attached hydrogens (tertiary/aromatic N) is 4. The van der Waals surface area contributed by atoms with Gasteiger partial charge in [-0.05, 0) is 0 Å². The van der Waals surface area contributed by atoms with E-state index in [-0.39, 0.29) is 22.8 Å². The van der Waals surface area contributed by atoms with Crippen LogP contribution in [0.15, 0.2) is 30.4 Å². The van der Waals surface area contributed by atoms with Crippen molar-refractivity contribution >= 4 is 22.9 Å². The Labute approximate surface area is 149 Å². The van der Waals surface area contributed by atoms with Crippen LogP contribution >= 0.6 is 22.9 Å². The molecule has 130 valence electrons. The second kappa shape index (κ2) is 7.08. The van der Waals surface area contributed by atoms with E-state index >= 15 is 0 Å². The second-order valence-corrected chi connectivity index (χ2v) is 7.57. The number of ether oxygens (including phenoxy) is 1. The Morgan fingerprint density at radius 2 is 2.42 bits per heavy atom. The number of thiazole rings is 1. The summed E-state index contributed by atoms with van der Waals surface area (Å²) < 4.78 is 6.32. The van der Waals surface area contributed by atoms with E-state index in [0.29, 0.717) is 42.9 Å². The van der Waals surface area contributed by atoms with Crippen molar-refractivity contribution in [2.45, 2.75) is 26.1 Å². The molecule has 1 aromatic heterocycles. The summed E-state index contributed by atoms with van der Waals surface area (Å²) in [5, 5.41) is 11.6. The molecular formula is C15H19ClN4O3S. The van der Waals surface area contributed by atoms with Crippen LogP contribution in [0.1, 0.15) is 18.2 Å². The molecule has 1 saturated heterocycles. The molecule has 0 aromatic carbocycles. The number of aromatic nitrogens is 1. The average molecular weight is 371 g/mol. The van der Waals surface area contributed by atoms with E-state index < -0.39 is 0 Å². The SMILES string of the molecule is C=CCOC1CC(C)C([N+](=O)[O-])=C2N(Cc3cnc(Cl)s3)CCN21. The lowest BCUT2D eigenvalue weighted by Crippen LogP contribution is -2.43. The Kier molecular flexibility index (Phi) is 5.07. The molecule has 0 N–H and O–H groups in total. The molecule has 2 atom stereocenters. The van der Waals surface area contributed by atoms with E-state index in [9.17, 15) is 10.1 Å². The van der Waals surface area contributed by atoms with Crippen LogP contribution in [-0.2, 0) is 11.3 Å². The minimum absolute atomic E-state index is 0.160. The van der Waals surface area contributed by atoms with E-state index in [1.165, 1.54) is 11.3 Å². The Morgan fingerprint density at radius 1 is 1.62 bits per heavy atom. The van der Waals surface area contributed by atoms with Gasteiger partial charge in [-0.3, -0.25) is 10.1 Å². The van der Waals surface area contributed by atoms with Gasteiger partial charge in [0.15, 0.2) is 10.3 Å². The number of nitro groups is 1. The van der Waals surface area contributed by atoms with Crippen LogP contribution < -0.4 is 0 Å². The van der Waals surface area contributed by atoms with Gasteiger partial charge in [-0.1, -0.05) is 24.6 Å². The molecule has 0 spiro atoms. The number of fused-ring (bicyclic) bond motifs is 1. The van der Waals surface area contributed by atoms with Gasteiger partial charge in [0.25, 0.3) is 5.70 Å². The molecule has 3 rings (SSSR count). The first-order valence-corrected chi connectivity index (χ1v) is 8.93. The molecular weight excluding hydrogens is 352 g/mol. The predicted molar refractivity (Wildman–Crippen MR) is 92.0 cm³/mol. The lowest BCUT2D eigenvalue weighted by molar-refractivity contribution is -0.439. The topological polar surface area (TPSA) is 71.7 Å². The normalized spacial score (nSPS) is 23.6. The molecule has 0 saturated carbocycles. The maximum absolute atomic E-state index is 11.6. The van der Waals surface area contributed by atoms with Crippen molar-refractivity contribution < 1.29 is 9.66 Å². The monoisotopic (exact) mass is 370 g/mol. The van der Waals surface area contributed by atoms with Crippen LogP contribution in [0, 0.1) is 16.0 Å². The molecule has 1 fully saturated rings. The van der Waals surface area contributed by atoms with Gasteiger partial charge in [0.2, 0.25) is 0 Å². The molecule has 24 heavy (non-hydrogen) atoms. The van der Waals surface area contributed by atoms with Crippen LogP contribution in [-0.4, -0.2) is 45.6 Å². The predicted octanol–water partition coefficient (Wildman–Crippen LogP) is 2.93. The number of hydrogen-bond acceptors (Lipinski definition) is 7. The van der Waals surface area contributed by atoms with Gasteiger partial charge < -0.3 is 14.5 Å². The van der Waals surface area contributed by atoms with Gasteiger partial charge in [0.05, 0.1) is 24.0 Å². The highest BCUT2D eigenvalue weighted by Crippen LogP contribution is 2.38. The zero-order chi connectivity index (χ0) is 17.3. The highest BCUT2D eigenvalue weighted by Gasteiger charge is 2.45. The van der Waals surface area contributed by atoms with Gasteiger partial charge in [0, 0.05) is 30.6 Å². The van der Waals surface area contributed by atoms with E-state index in [0.717, 1.165) is 4.88 Å². The number of rotatable bonds is 6. The second-order valence-electron chi connectivity index (χ2n) is 5.87. The van der Waals surface area contributed by atoms with E-state index in [4.69, 9.17) is 16.3 Å². The molecule has 7 nitrogen and oxygen atoms in total. The Morgan fingerprint density at radius 3 is 3.04 bits per heavy atom. The summed E-state index contributed by atoms with van der Waals surface area (Å²) in [5.41, 5.74) is 0.265. The molecule has 0 bridgehead atoms. The fraction of sp³-hybridized carbons (Fsp3) is 0.533. The van der Waals surface area contributed by atoms with Gasteiger partial charge in [0.1, 0.15) is 6.23 Å². The molecule has 9 heteroatoms. The van der Waals surface area contributed by atoms with Crippen molar-refractivity contribution in [3.8, 4) is 0 Å². The van der Waals surface area contributed by atoms with Gasteiger partial charge in [-0.25, -0.2) is 4.98 Å². The molecule has 3 heterocycles. The maximum atomic E-state index is 11.6. The van der Waals surface area contributed by atoms with Crippen LogP contribution in [0.3, 0.4) is 0 Å². The summed E-state index contributed by atoms with van der Waals surface area (Å²) in [5.74, 6) is 0.490. The maximum Gasteiger partial charge on any atom is 0.289 e. The largest absolute Gasteiger partial charge is 0.354 e. The number of allylic oxidation sites excluding steroid dienone is 1. The summed E-state index contributed by atoms with van der Waals surface area (Å²) in [6.45, 7) is 7.96. The van der Waals surface area contributed by atoms with Crippen LogP contribution in [0.25, 0.3) is 0 Å². The van der Waals surface area contributed by atoms with Crippen molar-refractivity contribution in [1.82, 2.24) is 14.8 Å². The summed E-state index contributed by atoms with van der Waals surface area (Å²) in [6.07, 6.45) is 3.87. The summed E-state index contributed by atoms with van der Waals surface area (Å²) in [4.78, 5) is 20.4. The fourth-order valence-electron chi connectivity index (χ4n) is 3.27. The number of halogens is 1. The summed E-state index contributed by atoms with van der Waals surface area (Å²) >= 11 is 7.29. The molecule has 2 aliphatic heterocycles. The highest BCUT2D eigenvalue weighted by atomic mass is 35.5. The summed E-state index contributed by atoms with van der Waals surface area (Å²) in [7, 11) is 0. The number of hydrogen-bond donors (Lipinski definition) is 0. The smallest absolute Gasteiger partial charge is 0.289 e. The molecule has 0 radical (unpaired) electrons. The van der Waals surface area contributed by atoms with Crippen LogP contribution in [0.2, 0.25) is 4.47 Å². The first-order valence-electron chi connectivity index (χ1n) is 7.74. The van der Waals surface area contributed by atoms with Crippen LogP contribution in [0.4, 0.5) is 0 Å². The fourth-order valence-corrected chi connectivity index (χ4v) is 4.26. The Balaban J connectivity index is 1.91. The average Bonchev–Trinajstić information content (AvgIpc) is 3.12. The zero-order valence-electron chi connectivity index (χ0n) is 13.4. The first-order chi connectivity index (χ1) is 11.5. The Bertz CT molecular complexity index is 677. The molecule has 0 aliphatic carbocycles. The highest BCUT2D eigenvalue weighted by molar-refractivity contribution is 7.15. The minimum atomic E-state index is -0.255. The van der Waals surface area contributed by atoms with E-state index in [1.807, 2.05) is 16.7 Å². The lowest BCUT2D eigenvalue weighted by Gasteiger charge is -2.36. The third-order valence-corrected chi connectivity index (χ3v) is 5.36. The Hall–Kier alpha value is -1.64. The standard InChI is InChI=1S/C15H19ClN4O3S/c1-3-6-23-12-7-10(2)13(20(21)22)14-18(4-5-19(12)14)9-11-8-17-15(16)24-11/h3,8,10,12H,1,4-7,9H2,2H3. The van der Waals surface area contributed by atoms with Crippen molar-refractivity contribution in [2.24, 2.45) is 5.92 Å². The van der Waals surface area contributed by atoms with Gasteiger partial charge in [-0.2, -0.15) is 0 Å². The molecule has 2 aliphatic rings. The first kappa shape index (κ1) is 17.2. The van der Waals surface area contributed by atoms with Crippen molar-refractivity contribution in [2.75, 3.05) is 19.7 Å². The van der Waals surface area contributed by atoms with Crippen molar-refractivity contribution in [1.29, 1.82) is 0 Å². The molecule has 0 amide bonds. The van der Waals surface area contributed by atoms with Crippen molar-refractivity contribution in [3.63, 3.8) is 0 Å². The van der Waals surface area contributed by atoms with Crippen molar-refractivity contribution in [3.05, 3.63) is 49.8 Å². The zero-order valence-corrected chi connectivity index (χ0v) is 14.9.